The monoisotopic (exact) mass is 298 g/mol. The first-order chi connectivity index (χ1) is 9.40. The first-order valence-corrected chi connectivity index (χ1v) is 7.06. The normalized spacial score (nSPS) is 10.3. The van der Waals surface area contributed by atoms with Gasteiger partial charge in [0, 0.05) is 17.8 Å². The number of nitrogens with one attached hydrogen (secondary N) is 1. The fourth-order valence-electron chi connectivity index (χ4n) is 1.18. The van der Waals surface area contributed by atoms with Crippen LogP contribution < -0.4 is 5.32 Å². The second kappa shape index (κ2) is 7.64. The van der Waals surface area contributed by atoms with Crippen molar-refractivity contribution in [2.75, 3.05) is 5.32 Å². The van der Waals surface area contributed by atoms with Gasteiger partial charge >= 0.3 is 11.9 Å². The summed E-state index contributed by atoms with van der Waals surface area (Å²) in [5.74, 6) is -1.45. The average Bonchev–Trinajstić information content (AvgIpc) is 2.80. The second-order valence-electron chi connectivity index (χ2n) is 4.45. The van der Waals surface area contributed by atoms with E-state index in [0.29, 0.717) is 5.13 Å². The summed E-state index contributed by atoms with van der Waals surface area (Å²) in [5.41, 5.74) is -0.192. The van der Waals surface area contributed by atoms with E-state index in [1.54, 1.807) is 39.3 Å². The lowest BCUT2D eigenvalue weighted by molar-refractivity contribution is -0.150. The minimum absolute atomic E-state index is 0.192. The number of thiazole rings is 1. The predicted molar refractivity (Wildman–Crippen MR) is 76.3 cm³/mol. The molecule has 7 heteroatoms. The van der Waals surface area contributed by atoms with E-state index in [4.69, 9.17) is 9.47 Å². The van der Waals surface area contributed by atoms with Crippen molar-refractivity contribution < 1.29 is 19.1 Å². The average molecular weight is 298 g/mol. The van der Waals surface area contributed by atoms with Gasteiger partial charge < -0.3 is 14.8 Å². The van der Waals surface area contributed by atoms with Gasteiger partial charge in [0.15, 0.2) is 10.7 Å². The van der Waals surface area contributed by atoms with Crippen LogP contribution >= 0.6 is 11.3 Å². The highest BCUT2D eigenvalue weighted by Crippen LogP contribution is 2.12. The Morgan fingerprint density at radius 1 is 1.20 bits per heavy atom. The molecule has 110 valence electrons. The fraction of sp³-hybridized carbons (Fsp3) is 0.462. The molecule has 0 aromatic carbocycles. The molecule has 0 saturated heterocycles. The van der Waals surface area contributed by atoms with E-state index in [1.165, 1.54) is 17.5 Å². The van der Waals surface area contributed by atoms with Crippen LogP contribution in [-0.2, 0) is 19.1 Å². The molecule has 1 aromatic rings. The van der Waals surface area contributed by atoms with E-state index in [2.05, 4.69) is 10.3 Å². The number of hydrogen-bond donors (Lipinski definition) is 1. The second-order valence-corrected chi connectivity index (χ2v) is 5.34. The molecular formula is C13H18N2O4S. The van der Waals surface area contributed by atoms with Gasteiger partial charge in [-0.05, 0) is 27.7 Å². The molecule has 0 spiro atoms. The lowest BCUT2D eigenvalue weighted by Gasteiger charge is -2.12. The van der Waals surface area contributed by atoms with E-state index in [9.17, 15) is 9.59 Å². The number of carbonyl (C=O) groups excluding carboxylic acids is 2. The molecule has 0 aliphatic rings. The number of anilines is 1. The van der Waals surface area contributed by atoms with Gasteiger partial charge in [-0.1, -0.05) is 0 Å². The topological polar surface area (TPSA) is 77.5 Å². The third kappa shape index (κ3) is 5.40. The van der Waals surface area contributed by atoms with Gasteiger partial charge in [-0.2, -0.15) is 0 Å². The van der Waals surface area contributed by atoms with Gasteiger partial charge in [-0.3, -0.25) is 0 Å². The third-order valence-electron chi connectivity index (χ3n) is 1.90. The quantitative estimate of drug-likeness (QED) is 0.376. The van der Waals surface area contributed by atoms with Crippen LogP contribution in [0.25, 0.3) is 0 Å². The Morgan fingerprint density at radius 3 is 2.15 bits per heavy atom. The summed E-state index contributed by atoms with van der Waals surface area (Å²) in [6.45, 7) is 6.82. The minimum Gasteiger partial charge on any atom is -0.459 e. The van der Waals surface area contributed by atoms with Crippen molar-refractivity contribution >= 4 is 28.4 Å². The maximum absolute atomic E-state index is 11.9. The van der Waals surface area contributed by atoms with Crippen molar-refractivity contribution in [3.63, 3.8) is 0 Å². The Bertz CT molecular complexity index is 457. The molecule has 0 radical (unpaired) electrons. The highest BCUT2D eigenvalue weighted by Gasteiger charge is 2.23. The van der Waals surface area contributed by atoms with Crippen molar-refractivity contribution in [1.82, 2.24) is 4.98 Å². The Morgan fingerprint density at radius 2 is 1.75 bits per heavy atom. The maximum Gasteiger partial charge on any atom is 0.347 e. The number of esters is 2. The van der Waals surface area contributed by atoms with E-state index in [0.717, 1.165) is 0 Å². The Balaban J connectivity index is 2.85. The Kier molecular flexibility index (Phi) is 6.17. The number of hydrogen-bond acceptors (Lipinski definition) is 7. The van der Waals surface area contributed by atoms with Crippen molar-refractivity contribution in [2.24, 2.45) is 0 Å². The summed E-state index contributed by atoms with van der Waals surface area (Å²) in [5, 5.41) is 5.12. The first-order valence-electron chi connectivity index (χ1n) is 6.18. The molecule has 0 atom stereocenters. The van der Waals surface area contributed by atoms with Crippen LogP contribution in [-0.4, -0.2) is 29.1 Å². The number of aromatic nitrogens is 1. The fourth-order valence-corrected chi connectivity index (χ4v) is 1.68. The summed E-state index contributed by atoms with van der Waals surface area (Å²) in [6.07, 6.45) is 2.23. The zero-order valence-electron chi connectivity index (χ0n) is 11.9. The predicted octanol–water partition coefficient (Wildman–Crippen LogP) is 2.34. The SMILES string of the molecule is CC(C)OC(=O)C(=CNc1nccs1)C(=O)OC(C)C. The smallest absolute Gasteiger partial charge is 0.347 e. The summed E-state index contributed by atoms with van der Waals surface area (Å²) < 4.78 is 10.0. The van der Waals surface area contributed by atoms with Gasteiger partial charge in [0.2, 0.25) is 0 Å². The van der Waals surface area contributed by atoms with Crippen LogP contribution in [0.3, 0.4) is 0 Å². The molecule has 0 amide bonds. The zero-order chi connectivity index (χ0) is 15.1. The van der Waals surface area contributed by atoms with Gasteiger partial charge in [-0.15, -0.1) is 11.3 Å². The molecule has 0 aliphatic heterocycles. The molecule has 1 aromatic heterocycles. The lowest BCUT2D eigenvalue weighted by atomic mass is 10.3. The van der Waals surface area contributed by atoms with Crippen molar-refractivity contribution in [3.8, 4) is 0 Å². The van der Waals surface area contributed by atoms with E-state index in [-0.39, 0.29) is 17.8 Å². The van der Waals surface area contributed by atoms with Crippen LogP contribution in [0.5, 0.6) is 0 Å². The van der Waals surface area contributed by atoms with Crippen LogP contribution in [0, 0.1) is 0 Å². The van der Waals surface area contributed by atoms with Gasteiger partial charge in [0.25, 0.3) is 0 Å². The lowest BCUT2D eigenvalue weighted by Crippen LogP contribution is -2.23. The number of nitrogens with zero attached hydrogens (tertiary/aromatic N) is 1. The number of ether oxygens (including phenoxy) is 2. The largest absolute Gasteiger partial charge is 0.459 e. The maximum atomic E-state index is 11.9. The van der Waals surface area contributed by atoms with E-state index >= 15 is 0 Å². The van der Waals surface area contributed by atoms with Crippen LogP contribution in [0.2, 0.25) is 0 Å². The summed E-state index contributed by atoms with van der Waals surface area (Å²) in [6, 6.07) is 0. The minimum atomic E-state index is -0.727. The molecule has 0 bridgehead atoms. The van der Waals surface area contributed by atoms with Crippen molar-refractivity contribution in [3.05, 3.63) is 23.3 Å². The molecule has 0 aliphatic carbocycles. The van der Waals surface area contributed by atoms with Crippen LogP contribution in [0.4, 0.5) is 5.13 Å². The Labute approximate surface area is 121 Å². The highest BCUT2D eigenvalue weighted by atomic mass is 32.1. The van der Waals surface area contributed by atoms with Crippen molar-refractivity contribution in [1.29, 1.82) is 0 Å². The van der Waals surface area contributed by atoms with Crippen LogP contribution in [0.1, 0.15) is 27.7 Å². The molecule has 1 rings (SSSR count). The molecule has 6 nitrogen and oxygen atoms in total. The Hall–Kier alpha value is -1.89. The molecule has 0 saturated carbocycles. The van der Waals surface area contributed by atoms with Gasteiger partial charge in [0.05, 0.1) is 12.2 Å². The third-order valence-corrected chi connectivity index (χ3v) is 2.60. The molecular weight excluding hydrogens is 280 g/mol. The van der Waals surface area contributed by atoms with Gasteiger partial charge in [0.1, 0.15) is 0 Å². The zero-order valence-corrected chi connectivity index (χ0v) is 12.7. The highest BCUT2D eigenvalue weighted by molar-refractivity contribution is 7.13. The molecule has 20 heavy (non-hydrogen) atoms. The summed E-state index contributed by atoms with van der Waals surface area (Å²) >= 11 is 1.35. The van der Waals surface area contributed by atoms with E-state index < -0.39 is 11.9 Å². The standard InChI is InChI=1S/C13H18N2O4S/c1-8(2)18-11(16)10(12(17)19-9(3)4)7-15-13-14-5-6-20-13/h5-9H,1-4H3,(H,14,15). The molecule has 1 heterocycles. The number of rotatable bonds is 6. The first kappa shape index (κ1) is 16.2. The molecule has 0 fully saturated rings. The summed E-state index contributed by atoms with van der Waals surface area (Å²) in [4.78, 5) is 27.8. The summed E-state index contributed by atoms with van der Waals surface area (Å²) in [7, 11) is 0. The number of carbonyl (C=O) groups is 2. The van der Waals surface area contributed by atoms with E-state index in [1.807, 2.05) is 0 Å². The molecule has 1 N–H and O–H groups in total. The van der Waals surface area contributed by atoms with Crippen LogP contribution in [0.15, 0.2) is 23.3 Å². The van der Waals surface area contributed by atoms with Gasteiger partial charge in [-0.25, -0.2) is 14.6 Å². The molecule has 0 unspecified atom stereocenters. The van der Waals surface area contributed by atoms with Crippen molar-refractivity contribution in [2.45, 2.75) is 39.9 Å².